The highest BCUT2D eigenvalue weighted by Crippen LogP contribution is 2.50. The lowest BCUT2D eigenvalue weighted by molar-refractivity contribution is -0.274. The number of aromatic nitrogens is 1. The van der Waals surface area contributed by atoms with Crippen molar-refractivity contribution in [2.24, 2.45) is 5.92 Å². The van der Waals surface area contributed by atoms with Crippen molar-refractivity contribution in [2.45, 2.75) is 44.4 Å². The van der Waals surface area contributed by atoms with Gasteiger partial charge < -0.3 is 19.8 Å². The number of alkyl halides is 3. The van der Waals surface area contributed by atoms with Gasteiger partial charge in [0.2, 0.25) is 0 Å². The van der Waals surface area contributed by atoms with Gasteiger partial charge in [-0.15, -0.1) is 0 Å². The summed E-state index contributed by atoms with van der Waals surface area (Å²) in [7, 11) is 0. The fourth-order valence-corrected chi connectivity index (χ4v) is 4.52. The Morgan fingerprint density at radius 1 is 1.27 bits per heavy atom. The first-order valence-electron chi connectivity index (χ1n) is 10.6. The van der Waals surface area contributed by atoms with Gasteiger partial charge in [0, 0.05) is 30.2 Å². The summed E-state index contributed by atoms with van der Waals surface area (Å²) in [6.45, 7) is 4.11. The molecule has 0 amide bonds. The van der Waals surface area contributed by atoms with Crippen LogP contribution >= 0.6 is 11.6 Å². The van der Waals surface area contributed by atoms with Crippen LogP contribution in [0.2, 0.25) is 5.02 Å². The molecule has 2 unspecified atom stereocenters. The van der Waals surface area contributed by atoms with Gasteiger partial charge in [0.1, 0.15) is 11.6 Å². The van der Waals surface area contributed by atoms with E-state index in [1.54, 1.807) is 11.8 Å². The molecule has 0 saturated carbocycles. The number of carboxylic acid groups (broad SMARTS) is 1. The smallest absolute Gasteiger partial charge is 0.422 e. The molecule has 1 aromatic carbocycles. The minimum Gasteiger partial charge on any atom is -0.494 e. The zero-order chi connectivity index (χ0) is 24.4. The fraction of sp³-hybridized carbons (Fsp3) is 0.478. The van der Waals surface area contributed by atoms with Crippen LogP contribution in [0.15, 0.2) is 36.5 Å². The number of ether oxygens (including phenoxy) is 1. The molecule has 0 spiro atoms. The number of halogens is 4. The number of anilines is 1. The molecule has 1 aliphatic heterocycles. The van der Waals surface area contributed by atoms with Gasteiger partial charge in [-0.3, -0.25) is 4.79 Å². The molecule has 3 rings (SSSR count). The second-order valence-corrected chi connectivity index (χ2v) is 8.51. The van der Waals surface area contributed by atoms with E-state index < -0.39 is 29.6 Å². The molecule has 6 nitrogen and oxygen atoms in total. The number of piperidine rings is 1. The van der Waals surface area contributed by atoms with Crippen LogP contribution < -0.4 is 9.64 Å². The number of hydrogen-bond acceptors (Lipinski definition) is 5. The molecule has 0 radical (unpaired) electrons. The number of aliphatic carboxylic acids is 1. The van der Waals surface area contributed by atoms with Gasteiger partial charge in [-0.05, 0) is 55.2 Å². The highest BCUT2D eigenvalue weighted by Gasteiger charge is 2.59. The third kappa shape index (κ3) is 5.04. The fourth-order valence-electron chi connectivity index (χ4n) is 4.18. The predicted molar refractivity (Wildman–Crippen MR) is 118 cm³/mol. The summed E-state index contributed by atoms with van der Waals surface area (Å²) < 4.78 is 48.4. The van der Waals surface area contributed by atoms with E-state index in [-0.39, 0.29) is 22.0 Å². The topological polar surface area (TPSA) is 82.9 Å². The molecule has 180 valence electrons. The van der Waals surface area contributed by atoms with Crippen LogP contribution in [0.3, 0.4) is 0 Å². The molecule has 0 bridgehead atoms. The standard InChI is InChI=1S/C23H26ClF3N2O4/c1-3-33-17-4-5-18(19(24)13-17)14(2)22(32,23(25,26)27)16-6-9-28-20(12-16)29-10-7-15(8-11-29)21(30)31/h4-6,9,12-15,32H,3,7-8,10-11H2,1-2H3,(H,30,31). The molecule has 33 heavy (non-hydrogen) atoms. The maximum absolute atomic E-state index is 14.4. The van der Waals surface area contributed by atoms with Crippen LogP contribution in [0.4, 0.5) is 19.0 Å². The summed E-state index contributed by atoms with van der Waals surface area (Å²) in [6, 6.07) is 6.72. The quantitative estimate of drug-likeness (QED) is 0.574. The van der Waals surface area contributed by atoms with Crippen molar-refractivity contribution >= 4 is 23.4 Å². The van der Waals surface area contributed by atoms with Gasteiger partial charge in [0.05, 0.1) is 12.5 Å². The monoisotopic (exact) mass is 486 g/mol. The first-order chi connectivity index (χ1) is 15.5. The SMILES string of the molecule is CCOc1ccc(C(C)C(O)(c2ccnc(N3CCC(C(=O)O)CC3)c2)C(F)(F)F)c(Cl)c1. The zero-order valence-electron chi connectivity index (χ0n) is 18.3. The van der Waals surface area contributed by atoms with Crippen LogP contribution in [0.5, 0.6) is 5.75 Å². The number of nitrogens with zero attached hydrogens (tertiary/aromatic N) is 2. The van der Waals surface area contributed by atoms with Gasteiger partial charge >= 0.3 is 12.1 Å². The minimum absolute atomic E-state index is 0.0566. The molecule has 1 aliphatic rings. The second-order valence-electron chi connectivity index (χ2n) is 8.10. The summed E-state index contributed by atoms with van der Waals surface area (Å²) in [5.74, 6) is -2.13. The molecule has 1 aromatic heterocycles. The van der Waals surface area contributed by atoms with Gasteiger partial charge in [0.25, 0.3) is 0 Å². The third-order valence-electron chi connectivity index (χ3n) is 6.16. The summed E-state index contributed by atoms with van der Waals surface area (Å²) in [6.07, 6.45) is -3.06. The van der Waals surface area contributed by atoms with E-state index in [9.17, 15) is 23.1 Å². The van der Waals surface area contributed by atoms with Crippen molar-refractivity contribution in [3.63, 3.8) is 0 Å². The Labute approximate surface area is 195 Å². The highest BCUT2D eigenvalue weighted by atomic mass is 35.5. The summed E-state index contributed by atoms with van der Waals surface area (Å²) in [5, 5.41) is 20.4. The van der Waals surface area contributed by atoms with Crippen molar-refractivity contribution in [3.05, 3.63) is 52.7 Å². The van der Waals surface area contributed by atoms with E-state index in [0.717, 1.165) is 6.07 Å². The minimum atomic E-state index is -5.01. The largest absolute Gasteiger partial charge is 0.494 e. The Bertz CT molecular complexity index is 996. The normalized spacial score (nSPS) is 18.0. The molecule has 10 heteroatoms. The highest BCUT2D eigenvalue weighted by molar-refractivity contribution is 6.31. The number of pyridine rings is 1. The van der Waals surface area contributed by atoms with Gasteiger partial charge in [-0.1, -0.05) is 24.6 Å². The van der Waals surface area contributed by atoms with Crippen LogP contribution in [0, 0.1) is 5.92 Å². The number of carboxylic acids is 1. The maximum atomic E-state index is 14.4. The average molecular weight is 487 g/mol. The Balaban J connectivity index is 1.96. The molecule has 2 heterocycles. The van der Waals surface area contributed by atoms with Gasteiger partial charge in [-0.25, -0.2) is 4.98 Å². The predicted octanol–water partition coefficient (Wildman–Crippen LogP) is 4.99. The summed E-state index contributed by atoms with van der Waals surface area (Å²) >= 11 is 6.27. The lowest BCUT2D eigenvalue weighted by Gasteiger charge is -2.38. The lowest BCUT2D eigenvalue weighted by Crippen LogP contribution is -2.47. The van der Waals surface area contributed by atoms with Crippen LogP contribution in [0.1, 0.15) is 43.7 Å². The van der Waals surface area contributed by atoms with E-state index in [2.05, 4.69) is 4.98 Å². The van der Waals surface area contributed by atoms with Gasteiger partial charge in [0.15, 0.2) is 5.60 Å². The number of hydrogen-bond donors (Lipinski definition) is 2. The average Bonchev–Trinajstić information content (AvgIpc) is 2.78. The van der Waals surface area contributed by atoms with E-state index in [1.807, 2.05) is 0 Å². The third-order valence-corrected chi connectivity index (χ3v) is 6.49. The summed E-state index contributed by atoms with van der Waals surface area (Å²) in [5.41, 5.74) is -3.47. The Kier molecular flexibility index (Phi) is 7.43. The molecule has 2 atom stereocenters. The van der Waals surface area contributed by atoms with Crippen LogP contribution in [-0.2, 0) is 10.4 Å². The molecule has 2 aromatic rings. The number of aliphatic hydroxyl groups is 1. The zero-order valence-corrected chi connectivity index (χ0v) is 19.0. The summed E-state index contributed by atoms with van der Waals surface area (Å²) in [4.78, 5) is 17.1. The van der Waals surface area contributed by atoms with Crippen molar-refractivity contribution < 1.29 is 32.9 Å². The number of rotatable bonds is 7. The molecule has 1 fully saturated rings. The maximum Gasteiger partial charge on any atom is 0.422 e. The first kappa shape index (κ1) is 25.1. The van der Waals surface area contributed by atoms with Gasteiger partial charge in [-0.2, -0.15) is 13.2 Å². The second kappa shape index (κ2) is 9.77. The van der Waals surface area contributed by atoms with Crippen molar-refractivity contribution in [2.75, 3.05) is 24.6 Å². The van der Waals surface area contributed by atoms with E-state index in [4.69, 9.17) is 21.4 Å². The van der Waals surface area contributed by atoms with Crippen molar-refractivity contribution in [3.8, 4) is 5.75 Å². The Morgan fingerprint density at radius 3 is 2.48 bits per heavy atom. The molecular formula is C23H26ClF3N2O4. The molecule has 0 aliphatic carbocycles. The first-order valence-corrected chi connectivity index (χ1v) is 11.0. The molecule has 1 saturated heterocycles. The van der Waals surface area contributed by atoms with E-state index in [1.165, 1.54) is 37.4 Å². The Morgan fingerprint density at radius 2 is 1.94 bits per heavy atom. The van der Waals surface area contributed by atoms with Crippen LogP contribution in [0.25, 0.3) is 0 Å². The molecular weight excluding hydrogens is 461 g/mol. The lowest BCUT2D eigenvalue weighted by atomic mass is 9.78. The Hall–Kier alpha value is -2.52. The van der Waals surface area contributed by atoms with Crippen LogP contribution in [-0.4, -0.2) is 47.0 Å². The van der Waals surface area contributed by atoms with E-state index >= 15 is 0 Å². The number of carbonyl (C=O) groups is 1. The van der Waals surface area contributed by atoms with E-state index in [0.29, 0.717) is 38.3 Å². The molecule has 2 N–H and O–H groups in total. The number of benzene rings is 1. The van der Waals surface area contributed by atoms with Crippen molar-refractivity contribution in [1.82, 2.24) is 4.98 Å². The van der Waals surface area contributed by atoms with Crippen molar-refractivity contribution in [1.29, 1.82) is 0 Å².